The molecule has 0 radical (unpaired) electrons. The Hall–Kier alpha value is -2.09. The van der Waals surface area contributed by atoms with Gasteiger partial charge in [0.1, 0.15) is 5.78 Å². The Balaban J connectivity index is 1.84. The summed E-state index contributed by atoms with van der Waals surface area (Å²) < 4.78 is 5.82. The standard InChI is InChI=1S/C28H41NO5S/c1-17(11-12-21-13-14-23-22(15-21)29-20(4)35-23)9-8-10-18(2)26(32)19(3)27(33)28(5,6)24(30)16-25(31)34-7/h11,13-15,18-19,24,26,30,32H,8-10,12,16H2,1-7H3/b17-11-. The van der Waals surface area contributed by atoms with Crippen LogP contribution in [-0.2, 0) is 20.7 Å². The van der Waals surface area contributed by atoms with E-state index < -0.39 is 29.5 Å². The van der Waals surface area contributed by atoms with Gasteiger partial charge in [-0.1, -0.05) is 45.4 Å². The fraction of sp³-hybridized carbons (Fsp3) is 0.607. The summed E-state index contributed by atoms with van der Waals surface area (Å²) in [5.41, 5.74) is 2.45. The first-order valence-corrected chi connectivity index (χ1v) is 13.2. The van der Waals surface area contributed by atoms with Crippen molar-refractivity contribution in [3.8, 4) is 0 Å². The molecule has 1 heterocycles. The zero-order valence-corrected chi connectivity index (χ0v) is 22.9. The molecule has 4 unspecified atom stereocenters. The normalized spacial score (nSPS) is 16.1. The Morgan fingerprint density at radius 1 is 1.23 bits per heavy atom. The molecule has 2 N–H and O–H groups in total. The number of ether oxygens (including phenoxy) is 1. The van der Waals surface area contributed by atoms with Crippen molar-refractivity contribution in [2.24, 2.45) is 17.3 Å². The molecule has 1 aromatic carbocycles. The SMILES string of the molecule is COC(=O)CC(O)C(C)(C)C(=O)C(C)C(O)C(C)CCC/C(C)=C\Cc1ccc2sc(C)nc2c1. The van der Waals surface area contributed by atoms with Gasteiger partial charge in [-0.3, -0.25) is 9.59 Å². The summed E-state index contributed by atoms with van der Waals surface area (Å²) in [6.45, 7) is 11.0. The molecule has 35 heavy (non-hydrogen) atoms. The van der Waals surface area contributed by atoms with E-state index in [0.29, 0.717) is 0 Å². The van der Waals surface area contributed by atoms with Crippen molar-refractivity contribution in [1.29, 1.82) is 0 Å². The van der Waals surface area contributed by atoms with Crippen molar-refractivity contribution in [2.45, 2.75) is 85.9 Å². The van der Waals surface area contributed by atoms with Crippen molar-refractivity contribution in [3.05, 3.63) is 40.4 Å². The molecule has 0 aliphatic heterocycles. The number of benzene rings is 1. The molecule has 0 bridgehead atoms. The maximum absolute atomic E-state index is 13.0. The van der Waals surface area contributed by atoms with Gasteiger partial charge < -0.3 is 14.9 Å². The zero-order chi connectivity index (χ0) is 26.3. The van der Waals surface area contributed by atoms with Gasteiger partial charge in [-0.05, 0) is 63.1 Å². The van der Waals surface area contributed by atoms with E-state index in [0.717, 1.165) is 36.2 Å². The van der Waals surface area contributed by atoms with Crippen LogP contribution in [0.2, 0.25) is 0 Å². The molecule has 2 aromatic rings. The Morgan fingerprint density at radius 3 is 2.57 bits per heavy atom. The minimum Gasteiger partial charge on any atom is -0.469 e. The zero-order valence-electron chi connectivity index (χ0n) is 22.1. The van der Waals surface area contributed by atoms with Gasteiger partial charge in [-0.2, -0.15) is 0 Å². The van der Waals surface area contributed by atoms with Gasteiger partial charge in [0.05, 0.1) is 46.4 Å². The molecule has 0 aliphatic carbocycles. The van der Waals surface area contributed by atoms with E-state index in [4.69, 9.17) is 0 Å². The summed E-state index contributed by atoms with van der Waals surface area (Å²) in [7, 11) is 1.25. The minimum absolute atomic E-state index is 0.0642. The van der Waals surface area contributed by atoms with Crippen LogP contribution in [0.25, 0.3) is 10.2 Å². The summed E-state index contributed by atoms with van der Waals surface area (Å²) in [6.07, 6.45) is 3.52. The number of aromatic nitrogens is 1. The maximum Gasteiger partial charge on any atom is 0.308 e. The average molecular weight is 504 g/mol. The van der Waals surface area contributed by atoms with Crippen LogP contribution in [0, 0.1) is 24.2 Å². The third-order valence-corrected chi connectivity index (χ3v) is 7.99. The number of esters is 1. The molecule has 0 fully saturated rings. The molecule has 2 rings (SSSR count). The van der Waals surface area contributed by atoms with Crippen LogP contribution < -0.4 is 0 Å². The van der Waals surface area contributed by atoms with Gasteiger partial charge >= 0.3 is 5.97 Å². The number of aryl methyl sites for hydroxylation is 1. The molecule has 0 saturated carbocycles. The number of aliphatic hydroxyl groups excluding tert-OH is 2. The number of hydrogen-bond donors (Lipinski definition) is 2. The Kier molecular flexibility index (Phi) is 10.6. The lowest BCUT2D eigenvalue weighted by Gasteiger charge is -2.34. The summed E-state index contributed by atoms with van der Waals surface area (Å²) in [4.78, 5) is 29.1. The first-order valence-electron chi connectivity index (χ1n) is 12.4. The second kappa shape index (κ2) is 12.7. The third kappa shape index (κ3) is 7.95. The molecular formula is C28H41NO5S. The van der Waals surface area contributed by atoms with E-state index in [1.807, 2.05) is 13.8 Å². The van der Waals surface area contributed by atoms with Crippen LogP contribution in [0.15, 0.2) is 29.8 Å². The maximum atomic E-state index is 13.0. The lowest BCUT2D eigenvalue weighted by atomic mass is 9.73. The quantitative estimate of drug-likeness (QED) is 0.280. The molecule has 0 amide bonds. The van der Waals surface area contributed by atoms with E-state index >= 15 is 0 Å². The van der Waals surface area contributed by atoms with E-state index in [-0.39, 0.29) is 18.1 Å². The van der Waals surface area contributed by atoms with Gasteiger partial charge in [0.2, 0.25) is 0 Å². The van der Waals surface area contributed by atoms with E-state index in [1.165, 1.54) is 22.9 Å². The van der Waals surface area contributed by atoms with E-state index in [1.54, 1.807) is 32.1 Å². The highest BCUT2D eigenvalue weighted by atomic mass is 32.1. The number of rotatable bonds is 13. The predicted octanol–water partition coefficient (Wildman–Crippen LogP) is 5.42. The molecule has 1 aromatic heterocycles. The first-order chi connectivity index (χ1) is 16.4. The van der Waals surface area contributed by atoms with Crippen LogP contribution in [0.1, 0.15) is 70.9 Å². The number of Topliss-reactive ketones (excluding diaryl/α,β-unsaturated/α-hetero) is 1. The second-order valence-electron chi connectivity index (χ2n) is 10.3. The summed E-state index contributed by atoms with van der Waals surface area (Å²) >= 11 is 1.71. The molecule has 7 heteroatoms. The highest BCUT2D eigenvalue weighted by molar-refractivity contribution is 7.18. The third-order valence-electron chi connectivity index (χ3n) is 7.04. The number of carbonyl (C=O) groups excluding carboxylic acids is 2. The predicted molar refractivity (Wildman–Crippen MR) is 141 cm³/mol. The number of thiazole rings is 1. The van der Waals surface area contributed by atoms with Crippen LogP contribution in [0.5, 0.6) is 0 Å². The fourth-order valence-electron chi connectivity index (χ4n) is 4.38. The van der Waals surface area contributed by atoms with Gasteiger partial charge in [0.15, 0.2) is 0 Å². The molecule has 0 saturated heterocycles. The highest BCUT2D eigenvalue weighted by Crippen LogP contribution is 2.32. The van der Waals surface area contributed by atoms with Gasteiger partial charge in [-0.15, -0.1) is 11.3 Å². The van der Waals surface area contributed by atoms with Crippen LogP contribution in [-0.4, -0.2) is 46.3 Å². The summed E-state index contributed by atoms with van der Waals surface area (Å²) in [5, 5.41) is 22.3. The first kappa shape index (κ1) is 29.1. The van der Waals surface area contributed by atoms with Crippen LogP contribution >= 0.6 is 11.3 Å². The Labute approximate surface area is 213 Å². The van der Waals surface area contributed by atoms with Gasteiger partial charge in [-0.25, -0.2) is 4.98 Å². The number of ketones is 1. The van der Waals surface area contributed by atoms with E-state index in [9.17, 15) is 19.8 Å². The molecule has 6 nitrogen and oxygen atoms in total. The molecule has 0 aliphatic rings. The van der Waals surface area contributed by atoms with Crippen molar-refractivity contribution >= 4 is 33.3 Å². The molecule has 194 valence electrons. The van der Waals surface area contributed by atoms with Crippen molar-refractivity contribution in [1.82, 2.24) is 4.98 Å². The van der Waals surface area contributed by atoms with Crippen molar-refractivity contribution < 1.29 is 24.5 Å². The average Bonchev–Trinajstić information content (AvgIpc) is 3.20. The second-order valence-corrected chi connectivity index (χ2v) is 11.6. The Bertz CT molecular complexity index is 1040. The molecule has 0 spiro atoms. The number of nitrogens with zero attached hydrogens (tertiary/aromatic N) is 1. The van der Waals surface area contributed by atoms with E-state index in [2.05, 4.69) is 40.9 Å². The van der Waals surface area contributed by atoms with Crippen LogP contribution in [0.4, 0.5) is 0 Å². The minimum atomic E-state index is -1.17. The van der Waals surface area contributed by atoms with Gasteiger partial charge in [0.25, 0.3) is 0 Å². The van der Waals surface area contributed by atoms with Crippen molar-refractivity contribution in [2.75, 3.05) is 7.11 Å². The smallest absolute Gasteiger partial charge is 0.308 e. The monoisotopic (exact) mass is 503 g/mol. The number of carbonyl (C=O) groups is 2. The fourth-order valence-corrected chi connectivity index (χ4v) is 5.19. The number of fused-ring (bicyclic) bond motifs is 1. The number of aliphatic hydroxyl groups is 2. The Morgan fingerprint density at radius 2 is 1.91 bits per heavy atom. The lowest BCUT2D eigenvalue weighted by molar-refractivity contribution is -0.149. The number of hydrogen-bond acceptors (Lipinski definition) is 7. The molecular weight excluding hydrogens is 462 g/mol. The largest absolute Gasteiger partial charge is 0.469 e. The highest BCUT2D eigenvalue weighted by Gasteiger charge is 2.42. The molecule has 4 atom stereocenters. The summed E-state index contributed by atoms with van der Waals surface area (Å²) in [6, 6.07) is 6.45. The van der Waals surface area contributed by atoms with Crippen molar-refractivity contribution in [3.63, 3.8) is 0 Å². The number of allylic oxidation sites excluding steroid dienone is 2. The number of methoxy groups -OCH3 is 1. The lowest BCUT2D eigenvalue weighted by Crippen LogP contribution is -2.45. The topological polar surface area (TPSA) is 96.7 Å². The van der Waals surface area contributed by atoms with Crippen LogP contribution in [0.3, 0.4) is 0 Å². The summed E-state index contributed by atoms with van der Waals surface area (Å²) in [5.74, 6) is -1.53. The van der Waals surface area contributed by atoms with Gasteiger partial charge in [0, 0.05) is 5.92 Å².